The lowest BCUT2D eigenvalue weighted by atomic mass is 10.1. The first-order valence-corrected chi connectivity index (χ1v) is 8.09. The van der Waals surface area contributed by atoms with Gasteiger partial charge in [-0.2, -0.15) is 11.8 Å². The molecular formula is C13H28N2S. The average molecular weight is 244 g/mol. The fourth-order valence-electron chi connectivity index (χ4n) is 2.50. The van der Waals surface area contributed by atoms with Crippen LogP contribution in [0, 0.1) is 0 Å². The SMILES string of the molecule is CCC(CSC)N(C)CC1CCCCCN1. The lowest BCUT2D eigenvalue weighted by Crippen LogP contribution is -2.44. The molecule has 3 heteroatoms. The van der Waals surface area contributed by atoms with Crippen LogP contribution in [-0.4, -0.2) is 49.1 Å². The molecule has 1 aliphatic heterocycles. The number of nitrogens with zero attached hydrogens (tertiary/aromatic N) is 1. The molecule has 0 aromatic rings. The molecule has 16 heavy (non-hydrogen) atoms. The normalized spacial score (nSPS) is 24.4. The standard InChI is InChI=1S/C13H28N2S/c1-4-13(11-16-3)15(2)10-12-8-6-5-7-9-14-12/h12-14H,4-11H2,1-3H3. The molecule has 1 N–H and O–H groups in total. The minimum absolute atomic E-state index is 0.725. The van der Waals surface area contributed by atoms with E-state index in [0.29, 0.717) is 0 Å². The highest BCUT2D eigenvalue weighted by molar-refractivity contribution is 7.98. The largest absolute Gasteiger partial charge is 0.313 e. The lowest BCUT2D eigenvalue weighted by Gasteiger charge is -2.30. The van der Waals surface area contributed by atoms with Crippen molar-refractivity contribution in [3.63, 3.8) is 0 Å². The number of rotatable bonds is 6. The molecule has 2 nitrogen and oxygen atoms in total. The van der Waals surface area contributed by atoms with Crippen molar-refractivity contribution in [2.75, 3.05) is 32.1 Å². The molecule has 2 atom stereocenters. The second-order valence-corrected chi connectivity index (χ2v) is 5.87. The van der Waals surface area contributed by atoms with Crippen LogP contribution in [0.15, 0.2) is 0 Å². The van der Waals surface area contributed by atoms with Gasteiger partial charge in [0.1, 0.15) is 0 Å². The minimum atomic E-state index is 0.725. The van der Waals surface area contributed by atoms with Crippen molar-refractivity contribution in [1.82, 2.24) is 10.2 Å². The van der Waals surface area contributed by atoms with Gasteiger partial charge < -0.3 is 10.2 Å². The van der Waals surface area contributed by atoms with Crippen LogP contribution in [0.1, 0.15) is 39.0 Å². The first-order chi connectivity index (χ1) is 7.77. The summed E-state index contributed by atoms with van der Waals surface area (Å²) >= 11 is 1.97. The molecule has 0 aliphatic carbocycles. The quantitative estimate of drug-likeness (QED) is 0.773. The van der Waals surface area contributed by atoms with Crippen molar-refractivity contribution in [3.05, 3.63) is 0 Å². The Morgan fingerprint density at radius 1 is 1.38 bits per heavy atom. The molecule has 1 rings (SSSR count). The third-order valence-corrected chi connectivity index (χ3v) is 4.34. The highest BCUT2D eigenvalue weighted by Gasteiger charge is 2.18. The van der Waals surface area contributed by atoms with Gasteiger partial charge >= 0.3 is 0 Å². The van der Waals surface area contributed by atoms with Crippen molar-refractivity contribution in [3.8, 4) is 0 Å². The molecular weight excluding hydrogens is 216 g/mol. The zero-order valence-electron chi connectivity index (χ0n) is 11.2. The maximum Gasteiger partial charge on any atom is 0.0195 e. The van der Waals surface area contributed by atoms with Gasteiger partial charge in [-0.25, -0.2) is 0 Å². The molecule has 1 heterocycles. The van der Waals surface area contributed by atoms with E-state index in [1.165, 1.54) is 50.9 Å². The van der Waals surface area contributed by atoms with Crippen molar-refractivity contribution in [2.45, 2.75) is 51.1 Å². The zero-order valence-corrected chi connectivity index (χ0v) is 12.0. The van der Waals surface area contributed by atoms with E-state index in [2.05, 4.69) is 30.4 Å². The number of nitrogens with one attached hydrogen (secondary N) is 1. The Labute approximate surface area is 106 Å². The van der Waals surface area contributed by atoms with Crippen LogP contribution in [-0.2, 0) is 0 Å². The van der Waals surface area contributed by atoms with Crippen LogP contribution in [0.25, 0.3) is 0 Å². The molecule has 0 radical (unpaired) electrons. The van der Waals surface area contributed by atoms with E-state index in [1.54, 1.807) is 0 Å². The Balaban J connectivity index is 2.32. The van der Waals surface area contributed by atoms with Gasteiger partial charge in [0.25, 0.3) is 0 Å². The molecule has 2 unspecified atom stereocenters. The second kappa shape index (κ2) is 8.37. The average Bonchev–Trinajstić information content (AvgIpc) is 2.54. The molecule has 0 amide bonds. The second-order valence-electron chi connectivity index (χ2n) is 4.96. The summed E-state index contributed by atoms with van der Waals surface area (Å²) in [6, 6.07) is 1.48. The Kier molecular flexibility index (Phi) is 7.50. The van der Waals surface area contributed by atoms with Gasteiger partial charge in [0.15, 0.2) is 0 Å². The summed E-state index contributed by atoms with van der Waals surface area (Å²) < 4.78 is 0. The van der Waals surface area contributed by atoms with Crippen LogP contribution in [0.5, 0.6) is 0 Å². The summed E-state index contributed by atoms with van der Waals surface area (Å²) in [5.74, 6) is 1.26. The van der Waals surface area contributed by atoms with E-state index >= 15 is 0 Å². The highest BCUT2D eigenvalue weighted by Crippen LogP contribution is 2.13. The predicted octanol–water partition coefficient (Wildman–Crippen LogP) is 2.59. The molecule has 0 saturated carbocycles. The summed E-state index contributed by atoms with van der Waals surface area (Å²) in [7, 11) is 2.29. The van der Waals surface area contributed by atoms with E-state index in [9.17, 15) is 0 Å². The maximum absolute atomic E-state index is 3.69. The molecule has 96 valence electrons. The van der Waals surface area contributed by atoms with E-state index < -0.39 is 0 Å². The Morgan fingerprint density at radius 2 is 2.19 bits per heavy atom. The van der Waals surface area contributed by atoms with Gasteiger partial charge in [-0.05, 0) is 39.1 Å². The number of hydrogen-bond acceptors (Lipinski definition) is 3. The van der Waals surface area contributed by atoms with Crippen molar-refractivity contribution in [2.24, 2.45) is 0 Å². The van der Waals surface area contributed by atoms with E-state index in [0.717, 1.165) is 12.1 Å². The van der Waals surface area contributed by atoms with Crippen molar-refractivity contribution in [1.29, 1.82) is 0 Å². The third kappa shape index (κ3) is 5.07. The van der Waals surface area contributed by atoms with Gasteiger partial charge in [0.05, 0.1) is 0 Å². The third-order valence-electron chi connectivity index (χ3n) is 3.62. The molecule has 0 aromatic carbocycles. The van der Waals surface area contributed by atoms with Crippen LogP contribution in [0.2, 0.25) is 0 Å². The van der Waals surface area contributed by atoms with Crippen LogP contribution in [0.4, 0.5) is 0 Å². The van der Waals surface area contributed by atoms with Crippen molar-refractivity contribution >= 4 is 11.8 Å². The van der Waals surface area contributed by atoms with Gasteiger partial charge in [-0.15, -0.1) is 0 Å². The highest BCUT2D eigenvalue weighted by atomic mass is 32.2. The number of thioether (sulfide) groups is 1. The Hall–Kier alpha value is 0.270. The molecule has 0 bridgehead atoms. The predicted molar refractivity (Wildman–Crippen MR) is 75.3 cm³/mol. The first-order valence-electron chi connectivity index (χ1n) is 6.70. The van der Waals surface area contributed by atoms with Gasteiger partial charge in [-0.3, -0.25) is 0 Å². The minimum Gasteiger partial charge on any atom is -0.313 e. The summed E-state index contributed by atoms with van der Waals surface area (Å²) in [6.45, 7) is 4.74. The van der Waals surface area contributed by atoms with Crippen LogP contribution < -0.4 is 5.32 Å². The fraction of sp³-hybridized carbons (Fsp3) is 1.00. The van der Waals surface area contributed by atoms with Gasteiger partial charge in [0, 0.05) is 24.4 Å². The summed E-state index contributed by atoms with van der Waals surface area (Å²) in [4.78, 5) is 2.56. The lowest BCUT2D eigenvalue weighted by molar-refractivity contribution is 0.225. The Bertz CT molecular complexity index is 167. The number of hydrogen-bond donors (Lipinski definition) is 1. The van der Waals surface area contributed by atoms with Crippen LogP contribution in [0.3, 0.4) is 0 Å². The monoisotopic (exact) mass is 244 g/mol. The molecule has 0 spiro atoms. The summed E-state index contributed by atoms with van der Waals surface area (Å²) in [5.41, 5.74) is 0. The topological polar surface area (TPSA) is 15.3 Å². The van der Waals surface area contributed by atoms with Gasteiger partial charge in [0.2, 0.25) is 0 Å². The summed E-state index contributed by atoms with van der Waals surface area (Å²) in [6.07, 6.45) is 9.02. The van der Waals surface area contributed by atoms with Gasteiger partial charge in [-0.1, -0.05) is 19.8 Å². The first kappa shape index (κ1) is 14.3. The Morgan fingerprint density at radius 3 is 2.88 bits per heavy atom. The fourth-order valence-corrected chi connectivity index (χ4v) is 3.38. The molecule has 1 fully saturated rings. The summed E-state index contributed by atoms with van der Waals surface area (Å²) in [5, 5.41) is 3.69. The smallest absolute Gasteiger partial charge is 0.0195 e. The maximum atomic E-state index is 3.69. The molecule has 1 saturated heterocycles. The van der Waals surface area contributed by atoms with Crippen LogP contribution >= 0.6 is 11.8 Å². The molecule has 1 aliphatic rings. The molecule has 0 aromatic heterocycles. The van der Waals surface area contributed by atoms with E-state index in [-0.39, 0.29) is 0 Å². The zero-order chi connectivity index (χ0) is 11.8. The number of likely N-dealkylation sites (N-methyl/N-ethyl adjacent to an activating group) is 1. The van der Waals surface area contributed by atoms with Crippen molar-refractivity contribution < 1.29 is 0 Å². The van der Waals surface area contributed by atoms with E-state index in [1.807, 2.05) is 11.8 Å². The van der Waals surface area contributed by atoms with E-state index in [4.69, 9.17) is 0 Å².